The van der Waals surface area contributed by atoms with Crippen LogP contribution in [-0.4, -0.2) is 63.7 Å². The molecule has 174 valence electrons. The maximum atomic E-state index is 14.0. The van der Waals surface area contributed by atoms with Gasteiger partial charge in [0.1, 0.15) is 22.9 Å². The molecule has 0 unspecified atom stereocenters. The molecule has 5 rings (SSSR count). The number of amides is 2. The highest BCUT2D eigenvalue weighted by Gasteiger charge is 2.23. The molecular weight excluding hydrogens is 435 g/mol. The minimum absolute atomic E-state index is 0.135. The zero-order chi connectivity index (χ0) is 23.5. The van der Waals surface area contributed by atoms with Gasteiger partial charge in [-0.2, -0.15) is 0 Å². The fourth-order valence-electron chi connectivity index (χ4n) is 4.16. The van der Waals surface area contributed by atoms with Crippen molar-refractivity contribution in [1.82, 2.24) is 24.3 Å². The van der Waals surface area contributed by atoms with E-state index >= 15 is 0 Å². The molecule has 8 nitrogen and oxygen atoms in total. The summed E-state index contributed by atoms with van der Waals surface area (Å²) in [6, 6.07) is 17.4. The molecule has 0 atom stereocenters. The summed E-state index contributed by atoms with van der Waals surface area (Å²) in [6.07, 6.45) is 1.71. The molecule has 0 saturated carbocycles. The monoisotopic (exact) mass is 460 g/mol. The van der Waals surface area contributed by atoms with Crippen LogP contribution in [0.1, 0.15) is 5.82 Å². The molecule has 0 radical (unpaired) electrons. The largest absolute Gasteiger partial charge is 0.497 e. The number of nitrogens with zero attached hydrogens (tertiary/aromatic N) is 5. The zero-order valence-electron chi connectivity index (χ0n) is 18.8. The maximum absolute atomic E-state index is 14.0. The maximum Gasteiger partial charge on any atom is 0.321 e. The summed E-state index contributed by atoms with van der Waals surface area (Å²) in [5, 5.41) is 2.93. The Morgan fingerprint density at radius 3 is 2.68 bits per heavy atom. The third-order valence-electron chi connectivity index (χ3n) is 5.90. The van der Waals surface area contributed by atoms with Gasteiger partial charge in [0.2, 0.25) is 0 Å². The average Bonchev–Trinajstić information content (AvgIpc) is 3.22. The summed E-state index contributed by atoms with van der Waals surface area (Å²) in [4.78, 5) is 26.0. The third kappa shape index (κ3) is 4.55. The van der Waals surface area contributed by atoms with Gasteiger partial charge in [0.05, 0.1) is 19.3 Å². The van der Waals surface area contributed by atoms with E-state index in [0.29, 0.717) is 55.5 Å². The van der Waals surface area contributed by atoms with Crippen LogP contribution in [0.15, 0.2) is 66.9 Å². The molecule has 1 aliphatic heterocycles. The Kier molecular flexibility index (Phi) is 6.09. The second-order valence-corrected chi connectivity index (χ2v) is 8.11. The lowest BCUT2D eigenvalue weighted by molar-refractivity contribution is 0.140. The van der Waals surface area contributed by atoms with E-state index in [4.69, 9.17) is 9.72 Å². The van der Waals surface area contributed by atoms with E-state index in [0.717, 1.165) is 11.3 Å². The first-order chi connectivity index (χ1) is 16.6. The van der Waals surface area contributed by atoms with Gasteiger partial charge in [-0.3, -0.25) is 9.47 Å². The van der Waals surface area contributed by atoms with Gasteiger partial charge in [-0.15, -0.1) is 0 Å². The lowest BCUT2D eigenvalue weighted by Gasteiger charge is -2.34. The molecular formula is C25H25FN6O2. The Hall–Kier alpha value is -3.98. The van der Waals surface area contributed by atoms with E-state index in [1.165, 1.54) is 12.1 Å². The lowest BCUT2D eigenvalue weighted by atomic mass is 10.3. The molecule has 1 fully saturated rings. The average molecular weight is 461 g/mol. The predicted octanol–water partition coefficient (Wildman–Crippen LogP) is 3.92. The van der Waals surface area contributed by atoms with Crippen molar-refractivity contribution in [1.29, 1.82) is 0 Å². The summed E-state index contributed by atoms with van der Waals surface area (Å²) in [7, 11) is 1.60. The van der Waals surface area contributed by atoms with Crippen LogP contribution in [0.25, 0.3) is 16.9 Å². The molecule has 34 heavy (non-hydrogen) atoms. The van der Waals surface area contributed by atoms with E-state index < -0.39 is 0 Å². The summed E-state index contributed by atoms with van der Waals surface area (Å²) >= 11 is 0. The smallest absolute Gasteiger partial charge is 0.321 e. The van der Waals surface area contributed by atoms with E-state index in [2.05, 4.69) is 15.2 Å². The van der Waals surface area contributed by atoms with Gasteiger partial charge < -0.3 is 15.0 Å². The minimum atomic E-state index is -0.308. The summed E-state index contributed by atoms with van der Waals surface area (Å²) in [6.45, 7) is 3.15. The van der Waals surface area contributed by atoms with E-state index in [9.17, 15) is 9.18 Å². The van der Waals surface area contributed by atoms with Gasteiger partial charge in [-0.05, 0) is 42.5 Å². The van der Waals surface area contributed by atoms with Crippen LogP contribution in [0.5, 0.6) is 5.75 Å². The molecule has 2 amide bonds. The van der Waals surface area contributed by atoms with Crippen molar-refractivity contribution in [2.24, 2.45) is 0 Å². The fourth-order valence-corrected chi connectivity index (χ4v) is 4.16. The number of urea groups is 1. The summed E-state index contributed by atoms with van der Waals surface area (Å²) < 4.78 is 21.1. The molecule has 1 saturated heterocycles. The van der Waals surface area contributed by atoms with Crippen molar-refractivity contribution in [3.63, 3.8) is 0 Å². The first kappa shape index (κ1) is 21.8. The number of imidazole rings is 1. The third-order valence-corrected chi connectivity index (χ3v) is 5.90. The second-order valence-electron chi connectivity index (χ2n) is 8.11. The van der Waals surface area contributed by atoms with Gasteiger partial charge in [0.25, 0.3) is 0 Å². The Bertz CT molecular complexity index is 1320. The number of carbonyl (C=O) groups excluding carboxylic acids is 1. The van der Waals surface area contributed by atoms with Crippen LogP contribution in [0.2, 0.25) is 0 Å². The molecule has 0 bridgehead atoms. The Morgan fingerprint density at radius 2 is 1.88 bits per heavy atom. The molecule has 3 heterocycles. The predicted molar refractivity (Wildman–Crippen MR) is 128 cm³/mol. The topological polar surface area (TPSA) is 75.5 Å². The number of halogens is 1. The number of hydrogen-bond donors (Lipinski definition) is 1. The van der Waals surface area contributed by atoms with Crippen molar-refractivity contribution in [2.75, 3.05) is 38.6 Å². The first-order valence-electron chi connectivity index (χ1n) is 11.1. The molecule has 2 aromatic heterocycles. The van der Waals surface area contributed by atoms with Crippen molar-refractivity contribution >= 4 is 22.9 Å². The highest BCUT2D eigenvalue weighted by Crippen LogP contribution is 2.22. The molecule has 0 spiro atoms. The quantitative estimate of drug-likeness (QED) is 0.489. The van der Waals surface area contributed by atoms with E-state index in [1.807, 2.05) is 41.0 Å². The number of aromatic nitrogens is 3. The molecule has 2 aromatic carbocycles. The summed E-state index contributed by atoms with van der Waals surface area (Å²) in [5.41, 5.74) is 2.84. The van der Waals surface area contributed by atoms with E-state index in [-0.39, 0.29) is 11.8 Å². The molecule has 0 aliphatic carbocycles. The van der Waals surface area contributed by atoms with Crippen LogP contribution >= 0.6 is 0 Å². The number of ether oxygens (including phenoxy) is 1. The fraction of sp³-hybridized carbons (Fsp3) is 0.240. The number of benzene rings is 2. The number of rotatable bonds is 5. The van der Waals surface area contributed by atoms with Gasteiger partial charge in [0, 0.05) is 44.1 Å². The first-order valence-corrected chi connectivity index (χ1v) is 11.1. The number of anilines is 1. The van der Waals surface area contributed by atoms with Crippen molar-refractivity contribution < 1.29 is 13.9 Å². The Labute approximate surface area is 196 Å². The number of piperazine rings is 1. The number of carbonyl (C=O) groups is 1. The second kappa shape index (κ2) is 9.48. The van der Waals surface area contributed by atoms with Crippen molar-refractivity contribution in [3.8, 4) is 11.4 Å². The lowest BCUT2D eigenvalue weighted by Crippen LogP contribution is -2.49. The number of pyridine rings is 1. The highest BCUT2D eigenvalue weighted by atomic mass is 19.1. The van der Waals surface area contributed by atoms with Crippen LogP contribution in [0.4, 0.5) is 14.9 Å². The number of methoxy groups -OCH3 is 1. The number of nitrogens with one attached hydrogen (secondary N) is 1. The molecule has 9 heteroatoms. The van der Waals surface area contributed by atoms with Crippen LogP contribution in [0.3, 0.4) is 0 Å². The van der Waals surface area contributed by atoms with Gasteiger partial charge in [0.15, 0.2) is 5.65 Å². The van der Waals surface area contributed by atoms with Crippen molar-refractivity contribution in [2.45, 2.75) is 6.54 Å². The van der Waals surface area contributed by atoms with Crippen LogP contribution < -0.4 is 10.1 Å². The van der Waals surface area contributed by atoms with Crippen molar-refractivity contribution in [3.05, 3.63) is 78.5 Å². The summed E-state index contributed by atoms with van der Waals surface area (Å²) in [5.74, 6) is 1.17. The van der Waals surface area contributed by atoms with Gasteiger partial charge in [-0.25, -0.2) is 19.2 Å². The normalized spacial score (nSPS) is 14.4. The number of fused-ring (bicyclic) bond motifs is 1. The van der Waals surface area contributed by atoms with E-state index in [1.54, 1.807) is 30.3 Å². The number of hydrogen-bond acceptors (Lipinski definition) is 5. The van der Waals surface area contributed by atoms with Gasteiger partial charge in [-0.1, -0.05) is 12.1 Å². The SMILES string of the molecule is COc1cccc(NC(=O)N2CCN(Cc3nc4cccnc4n3-c3cccc(F)c3)CC2)c1. The zero-order valence-corrected chi connectivity index (χ0v) is 18.8. The minimum Gasteiger partial charge on any atom is -0.497 e. The van der Waals surface area contributed by atoms with Crippen LogP contribution in [0, 0.1) is 5.82 Å². The highest BCUT2D eigenvalue weighted by molar-refractivity contribution is 5.89. The Balaban J connectivity index is 1.28. The molecule has 1 aliphatic rings. The molecule has 4 aromatic rings. The Morgan fingerprint density at radius 1 is 1.06 bits per heavy atom. The standard InChI is InChI=1S/C25H25FN6O2/c1-34-21-8-3-6-19(16-21)28-25(33)31-13-11-30(12-14-31)17-23-29-22-9-4-10-27-24(22)32(23)20-7-2-5-18(26)15-20/h2-10,15-16H,11-14,17H2,1H3,(H,28,33). The van der Waals surface area contributed by atoms with Crippen LogP contribution in [-0.2, 0) is 6.54 Å². The van der Waals surface area contributed by atoms with Gasteiger partial charge >= 0.3 is 6.03 Å². The molecule has 1 N–H and O–H groups in total.